The van der Waals surface area contributed by atoms with Crippen LogP contribution in [0.4, 0.5) is 23.5 Å². The maximum atomic E-state index is 13.0. The number of aromatic nitrogens is 5. The van der Waals surface area contributed by atoms with Gasteiger partial charge < -0.3 is 19.3 Å². The van der Waals surface area contributed by atoms with Crippen LogP contribution in [0, 0.1) is 5.82 Å². The first-order valence-corrected chi connectivity index (χ1v) is 9.47. The number of rotatable bonds is 3. The highest BCUT2D eigenvalue weighted by molar-refractivity contribution is 5.73. The van der Waals surface area contributed by atoms with Gasteiger partial charge in [0.2, 0.25) is 5.95 Å². The molecule has 1 fully saturated rings. The maximum absolute atomic E-state index is 13.0. The van der Waals surface area contributed by atoms with E-state index in [1.165, 1.54) is 12.4 Å². The average molecular weight is 447 g/mol. The minimum absolute atomic E-state index is 0.426. The van der Waals surface area contributed by atoms with Gasteiger partial charge in [0.25, 0.3) is 0 Å². The second-order valence-corrected chi connectivity index (χ2v) is 6.85. The maximum Gasteiger partial charge on any atom is 0.490 e. The first-order valence-electron chi connectivity index (χ1n) is 9.47. The summed E-state index contributed by atoms with van der Waals surface area (Å²) in [5, 5.41) is 15.9. The molecule has 0 atom stereocenters. The Morgan fingerprint density at radius 3 is 2.35 bits per heavy atom. The lowest BCUT2D eigenvalue weighted by molar-refractivity contribution is -0.192. The van der Waals surface area contributed by atoms with Crippen molar-refractivity contribution in [2.45, 2.75) is 32.2 Å². The first-order chi connectivity index (χ1) is 14.7. The van der Waals surface area contributed by atoms with Crippen LogP contribution in [0.1, 0.15) is 18.1 Å². The molecule has 2 aromatic rings. The third-order valence-electron chi connectivity index (χ3n) is 4.65. The van der Waals surface area contributed by atoms with Gasteiger partial charge >= 0.3 is 12.1 Å². The van der Waals surface area contributed by atoms with Gasteiger partial charge in [-0.15, -0.1) is 10.2 Å². The number of fused-ring (bicyclic) bond motifs is 1. The standard InChI is InChI=1S/C15H20FN7O.C2HF3O2/c16-12-8-17-15(18-9-12)22-2-1-3-23-13(19-20-14(23)11-22)10-21-4-6-24-7-5-21;3-2(4,5)1(6)7/h8-9H,1-7,10-11H2;(H,6,7). The Kier molecular flexibility index (Phi) is 7.33. The highest BCUT2D eigenvalue weighted by Gasteiger charge is 2.38. The molecule has 170 valence electrons. The summed E-state index contributed by atoms with van der Waals surface area (Å²) >= 11 is 0. The fraction of sp³-hybridized carbons (Fsp3) is 0.588. The number of hydrogen-bond acceptors (Lipinski definition) is 8. The van der Waals surface area contributed by atoms with Crippen molar-refractivity contribution in [2.75, 3.05) is 37.7 Å². The Morgan fingerprint density at radius 1 is 1.10 bits per heavy atom. The Balaban J connectivity index is 0.000000339. The highest BCUT2D eigenvalue weighted by atomic mass is 19.4. The summed E-state index contributed by atoms with van der Waals surface area (Å²) in [7, 11) is 0. The minimum atomic E-state index is -5.08. The molecule has 0 bridgehead atoms. The van der Waals surface area contributed by atoms with E-state index < -0.39 is 18.0 Å². The highest BCUT2D eigenvalue weighted by Crippen LogP contribution is 2.18. The van der Waals surface area contributed by atoms with Crippen molar-refractivity contribution in [2.24, 2.45) is 0 Å². The lowest BCUT2D eigenvalue weighted by Gasteiger charge is -2.26. The lowest BCUT2D eigenvalue weighted by Crippen LogP contribution is -2.36. The molecule has 10 nitrogen and oxygen atoms in total. The molecule has 0 aromatic carbocycles. The van der Waals surface area contributed by atoms with Gasteiger partial charge in [0, 0.05) is 26.2 Å². The van der Waals surface area contributed by atoms with Crippen molar-refractivity contribution in [3.63, 3.8) is 0 Å². The van der Waals surface area contributed by atoms with Gasteiger partial charge in [0.05, 0.1) is 38.7 Å². The van der Waals surface area contributed by atoms with E-state index in [4.69, 9.17) is 14.6 Å². The van der Waals surface area contributed by atoms with Crippen LogP contribution in [0.3, 0.4) is 0 Å². The van der Waals surface area contributed by atoms with E-state index in [9.17, 15) is 17.6 Å². The molecule has 0 spiro atoms. The van der Waals surface area contributed by atoms with Gasteiger partial charge in [-0.1, -0.05) is 0 Å². The summed E-state index contributed by atoms with van der Waals surface area (Å²) in [6.45, 7) is 6.47. The summed E-state index contributed by atoms with van der Waals surface area (Å²) < 4.78 is 52.3. The second kappa shape index (κ2) is 9.96. The van der Waals surface area contributed by atoms with Crippen LogP contribution < -0.4 is 4.90 Å². The molecular formula is C17H21F4N7O3. The van der Waals surface area contributed by atoms with Gasteiger partial charge in [-0.05, 0) is 6.42 Å². The van der Waals surface area contributed by atoms with Crippen LogP contribution in [0.15, 0.2) is 12.4 Å². The van der Waals surface area contributed by atoms with Crippen LogP contribution >= 0.6 is 0 Å². The quantitative estimate of drug-likeness (QED) is 0.692. The van der Waals surface area contributed by atoms with Gasteiger partial charge in [0.1, 0.15) is 5.82 Å². The third-order valence-corrected chi connectivity index (χ3v) is 4.65. The molecule has 1 N–H and O–H groups in total. The second-order valence-electron chi connectivity index (χ2n) is 6.85. The Bertz CT molecular complexity index is 870. The minimum Gasteiger partial charge on any atom is -0.475 e. The Hall–Kier alpha value is -2.87. The van der Waals surface area contributed by atoms with Crippen LogP contribution in [-0.4, -0.2) is 79.7 Å². The molecule has 0 radical (unpaired) electrons. The van der Waals surface area contributed by atoms with Crippen molar-refractivity contribution < 1.29 is 32.2 Å². The van der Waals surface area contributed by atoms with Crippen LogP contribution in [0.5, 0.6) is 0 Å². The average Bonchev–Trinajstić information content (AvgIpc) is 2.96. The number of halogens is 4. The summed E-state index contributed by atoms with van der Waals surface area (Å²) in [5.74, 6) is -0.753. The van der Waals surface area contributed by atoms with Crippen molar-refractivity contribution in [3.8, 4) is 0 Å². The topological polar surface area (TPSA) is 110 Å². The zero-order valence-electron chi connectivity index (χ0n) is 16.4. The molecule has 2 aromatic heterocycles. The molecule has 0 amide bonds. The van der Waals surface area contributed by atoms with Crippen molar-refractivity contribution in [3.05, 3.63) is 29.9 Å². The first kappa shape index (κ1) is 22.8. The number of carboxylic acid groups (broad SMARTS) is 1. The van der Waals surface area contributed by atoms with E-state index in [0.29, 0.717) is 12.5 Å². The van der Waals surface area contributed by atoms with E-state index in [2.05, 4.69) is 29.6 Å². The smallest absolute Gasteiger partial charge is 0.475 e. The molecular weight excluding hydrogens is 426 g/mol. The van der Waals surface area contributed by atoms with Gasteiger partial charge in [-0.25, -0.2) is 19.2 Å². The molecule has 31 heavy (non-hydrogen) atoms. The van der Waals surface area contributed by atoms with Gasteiger partial charge in [-0.2, -0.15) is 13.2 Å². The predicted molar refractivity (Wildman–Crippen MR) is 97.5 cm³/mol. The van der Waals surface area contributed by atoms with Gasteiger partial charge in [0.15, 0.2) is 11.6 Å². The molecule has 14 heteroatoms. The van der Waals surface area contributed by atoms with Crippen molar-refractivity contribution in [1.29, 1.82) is 0 Å². The molecule has 0 aliphatic carbocycles. The number of hydrogen-bond donors (Lipinski definition) is 1. The van der Waals surface area contributed by atoms with Crippen molar-refractivity contribution >= 4 is 11.9 Å². The third kappa shape index (κ3) is 6.30. The predicted octanol–water partition coefficient (Wildman–Crippen LogP) is 1.08. The van der Waals surface area contributed by atoms with E-state index in [-0.39, 0.29) is 0 Å². The summed E-state index contributed by atoms with van der Waals surface area (Å²) in [6.07, 6.45) is -1.74. The van der Waals surface area contributed by atoms with E-state index in [1.54, 1.807) is 0 Å². The Labute approximate surface area is 174 Å². The zero-order chi connectivity index (χ0) is 22.4. The van der Waals surface area contributed by atoms with E-state index >= 15 is 0 Å². The number of morpholine rings is 1. The number of ether oxygens (including phenoxy) is 1. The molecule has 2 aliphatic heterocycles. The SMILES string of the molecule is Fc1cnc(N2CCCn3c(CN4CCOCC4)nnc3C2)nc1.O=C(O)C(F)(F)F. The van der Waals surface area contributed by atoms with Crippen LogP contribution in [0.2, 0.25) is 0 Å². The number of carbonyl (C=O) groups is 1. The number of alkyl halides is 3. The number of nitrogens with zero attached hydrogens (tertiary/aromatic N) is 7. The number of carboxylic acids is 1. The summed E-state index contributed by atoms with van der Waals surface area (Å²) in [6, 6.07) is 0. The van der Waals surface area contributed by atoms with Gasteiger partial charge in [-0.3, -0.25) is 4.90 Å². The zero-order valence-corrected chi connectivity index (χ0v) is 16.4. The molecule has 0 unspecified atom stereocenters. The van der Waals surface area contributed by atoms with Crippen molar-refractivity contribution in [1.82, 2.24) is 29.6 Å². The van der Waals surface area contributed by atoms with Crippen LogP contribution in [-0.2, 0) is 29.2 Å². The summed E-state index contributed by atoms with van der Waals surface area (Å²) in [4.78, 5) is 21.4. The number of aliphatic carboxylic acids is 1. The lowest BCUT2D eigenvalue weighted by atomic mass is 10.3. The van der Waals surface area contributed by atoms with E-state index in [0.717, 1.165) is 64.0 Å². The summed E-state index contributed by atoms with van der Waals surface area (Å²) in [5.41, 5.74) is 0. The molecule has 0 saturated carbocycles. The monoisotopic (exact) mass is 447 g/mol. The fourth-order valence-electron chi connectivity index (χ4n) is 3.13. The molecule has 2 aliphatic rings. The normalized spacial score (nSPS) is 17.4. The Morgan fingerprint density at radius 2 is 1.74 bits per heavy atom. The number of anilines is 1. The molecule has 1 saturated heterocycles. The largest absolute Gasteiger partial charge is 0.490 e. The molecule has 4 heterocycles. The molecule has 4 rings (SSSR count). The van der Waals surface area contributed by atoms with Crippen LogP contribution in [0.25, 0.3) is 0 Å². The fourth-order valence-corrected chi connectivity index (χ4v) is 3.13. The van der Waals surface area contributed by atoms with E-state index in [1.807, 2.05) is 4.90 Å².